The van der Waals surface area contributed by atoms with Crippen LogP contribution in [0.15, 0.2) is 45.3 Å². The number of carbonyl (C=O) groups is 1. The van der Waals surface area contributed by atoms with Gasteiger partial charge in [-0.3, -0.25) is 4.90 Å². The third kappa shape index (κ3) is 3.78. The zero-order chi connectivity index (χ0) is 18.8. The van der Waals surface area contributed by atoms with Gasteiger partial charge < -0.3 is 14.0 Å². The Labute approximate surface area is 156 Å². The molecule has 1 aliphatic rings. The minimum absolute atomic E-state index is 0.240. The quantitative estimate of drug-likeness (QED) is 0.734. The third-order valence-electron chi connectivity index (χ3n) is 4.88. The van der Waals surface area contributed by atoms with Crippen molar-refractivity contribution in [3.05, 3.63) is 59.4 Å². The van der Waals surface area contributed by atoms with Gasteiger partial charge in [0.2, 0.25) is 5.89 Å². The number of piperidine rings is 1. The highest BCUT2D eigenvalue weighted by atomic mass is 16.5. The second-order valence-electron chi connectivity index (χ2n) is 6.86. The van der Waals surface area contributed by atoms with Gasteiger partial charge in [0.25, 0.3) is 0 Å². The number of aryl methyl sites for hydroxylation is 1. The van der Waals surface area contributed by atoms with Crippen molar-refractivity contribution >= 4 is 5.97 Å². The number of aromatic nitrogens is 2. The molecule has 1 N–H and O–H groups in total. The number of aromatic carboxylic acids is 1. The molecule has 0 bridgehead atoms. The summed E-state index contributed by atoms with van der Waals surface area (Å²) in [4.78, 5) is 18.1. The van der Waals surface area contributed by atoms with Crippen LogP contribution in [0.25, 0.3) is 11.3 Å². The van der Waals surface area contributed by atoms with Crippen LogP contribution in [0.1, 0.15) is 46.6 Å². The van der Waals surface area contributed by atoms with Crippen molar-refractivity contribution in [2.45, 2.75) is 32.2 Å². The number of carboxylic acids is 1. The highest BCUT2D eigenvalue weighted by Crippen LogP contribution is 2.29. The van der Waals surface area contributed by atoms with Crippen LogP contribution in [0.2, 0.25) is 0 Å². The van der Waals surface area contributed by atoms with Crippen molar-refractivity contribution in [1.29, 1.82) is 0 Å². The molecule has 1 aliphatic heterocycles. The fraction of sp³-hybridized carbons (Fsp3) is 0.350. The van der Waals surface area contributed by atoms with Crippen LogP contribution in [0.5, 0.6) is 0 Å². The number of hydrogen-bond acceptors (Lipinski definition) is 6. The first kappa shape index (κ1) is 17.5. The molecule has 2 aromatic heterocycles. The summed E-state index contributed by atoms with van der Waals surface area (Å²) >= 11 is 0. The fourth-order valence-corrected chi connectivity index (χ4v) is 3.60. The Kier molecular flexibility index (Phi) is 4.77. The van der Waals surface area contributed by atoms with E-state index in [1.165, 1.54) is 0 Å². The van der Waals surface area contributed by atoms with E-state index >= 15 is 0 Å². The van der Waals surface area contributed by atoms with Gasteiger partial charge in [0.1, 0.15) is 11.5 Å². The fourth-order valence-electron chi connectivity index (χ4n) is 3.60. The summed E-state index contributed by atoms with van der Waals surface area (Å²) in [5, 5.41) is 13.4. The van der Waals surface area contributed by atoms with E-state index < -0.39 is 5.97 Å². The molecule has 1 atom stereocenters. The van der Waals surface area contributed by atoms with E-state index in [9.17, 15) is 9.90 Å². The standard InChI is InChI=1S/C20H21N3O4/c1-13-21-19(22-27-13)14-5-4-10-23(11-14)12-15-8-9-18(26-15)16-6-2-3-7-17(16)20(24)25/h2-3,6-9,14H,4-5,10-12H2,1H3,(H,24,25)/t14-/m1/s1. The molecule has 0 radical (unpaired) electrons. The van der Waals surface area contributed by atoms with Crippen LogP contribution in [0.3, 0.4) is 0 Å². The number of nitrogens with zero attached hydrogens (tertiary/aromatic N) is 3. The maximum Gasteiger partial charge on any atom is 0.336 e. The topological polar surface area (TPSA) is 92.6 Å². The number of furan rings is 1. The molecule has 1 aromatic carbocycles. The van der Waals surface area contributed by atoms with Crippen molar-refractivity contribution in [1.82, 2.24) is 15.0 Å². The van der Waals surface area contributed by atoms with E-state index in [4.69, 9.17) is 8.94 Å². The molecule has 0 aliphatic carbocycles. The lowest BCUT2D eigenvalue weighted by atomic mass is 9.97. The molecule has 0 spiro atoms. The molecule has 0 amide bonds. The third-order valence-corrected chi connectivity index (χ3v) is 4.88. The van der Waals surface area contributed by atoms with E-state index in [0.717, 1.165) is 37.5 Å². The van der Waals surface area contributed by atoms with Crippen LogP contribution < -0.4 is 0 Å². The molecule has 1 saturated heterocycles. The first-order valence-electron chi connectivity index (χ1n) is 9.04. The van der Waals surface area contributed by atoms with Crippen molar-refractivity contribution in [3.63, 3.8) is 0 Å². The Morgan fingerprint density at radius 2 is 2.15 bits per heavy atom. The van der Waals surface area contributed by atoms with Gasteiger partial charge in [-0.05, 0) is 37.6 Å². The summed E-state index contributed by atoms with van der Waals surface area (Å²) in [7, 11) is 0. The minimum Gasteiger partial charge on any atom is -0.478 e. The van der Waals surface area contributed by atoms with Gasteiger partial charge in [0.15, 0.2) is 5.82 Å². The molecule has 3 aromatic rings. The summed E-state index contributed by atoms with van der Waals surface area (Å²) in [6.45, 7) is 4.30. The summed E-state index contributed by atoms with van der Waals surface area (Å²) < 4.78 is 11.1. The molecule has 3 heterocycles. The maximum absolute atomic E-state index is 11.4. The largest absolute Gasteiger partial charge is 0.478 e. The second kappa shape index (κ2) is 7.36. The van der Waals surface area contributed by atoms with E-state index in [-0.39, 0.29) is 11.5 Å². The molecule has 0 unspecified atom stereocenters. The Hall–Kier alpha value is -2.93. The Balaban J connectivity index is 1.47. The van der Waals surface area contributed by atoms with Gasteiger partial charge >= 0.3 is 5.97 Å². The average molecular weight is 367 g/mol. The predicted molar refractivity (Wildman–Crippen MR) is 97.4 cm³/mol. The highest BCUT2D eigenvalue weighted by molar-refractivity contribution is 5.95. The molecule has 27 heavy (non-hydrogen) atoms. The molecule has 4 rings (SSSR count). The summed E-state index contributed by atoms with van der Waals surface area (Å²) in [6, 6.07) is 10.6. The number of rotatable bonds is 5. The number of likely N-dealkylation sites (tertiary alicyclic amines) is 1. The number of benzene rings is 1. The van der Waals surface area contributed by atoms with Crippen molar-refractivity contribution in [2.24, 2.45) is 0 Å². The van der Waals surface area contributed by atoms with E-state index in [2.05, 4.69) is 15.0 Å². The van der Waals surface area contributed by atoms with E-state index in [0.29, 0.717) is 23.8 Å². The lowest BCUT2D eigenvalue weighted by Gasteiger charge is -2.30. The average Bonchev–Trinajstić information content (AvgIpc) is 3.31. The van der Waals surface area contributed by atoms with E-state index in [1.54, 1.807) is 25.1 Å². The Morgan fingerprint density at radius 3 is 2.93 bits per heavy atom. The van der Waals surface area contributed by atoms with Crippen molar-refractivity contribution in [2.75, 3.05) is 13.1 Å². The monoisotopic (exact) mass is 367 g/mol. The highest BCUT2D eigenvalue weighted by Gasteiger charge is 2.25. The smallest absolute Gasteiger partial charge is 0.336 e. The molecule has 7 nitrogen and oxygen atoms in total. The summed E-state index contributed by atoms with van der Waals surface area (Å²) in [5.41, 5.74) is 0.832. The zero-order valence-electron chi connectivity index (χ0n) is 15.1. The lowest BCUT2D eigenvalue weighted by Crippen LogP contribution is -2.34. The molecule has 0 saturated carbocycles. The van der Waals surface area contributed by atoms with Crippen LogP contribution in [0.4, 0.5) is 0 Å². The van der Waals surface area contributed by atoms with Crippen LogP contribution in [0, 0.1) is 6.92 Å². The van der Waals surface area contributed by atoms with Gasteiger partial charge in [0.05, 0.1) is 12.1 Å². The maximum atomic E-state index is 11.4. The number of carboxylic acid groups (broad SMARTS) is 1. The number of hydrogen-bond donors (Lipinski definition) is 1. The van der Waals surface area contributed by atoms with Gasteiger partial charge in [-0.15, -0.1) is 0 Å². The molecule has 7 heteroatoms. The van der Waals surface area contributed by atoms with Gasteiger partial charge in [-0.2, -0.15) is 4.98 Å². The van der Waals surface area contributed by atoms with E-state index in [1.807, 2.05) is 18.2 Å². The van der Waals surface area contributed by atoms with Crippen LogP contribution >= 0.6 is 0 Å². The van der Waals surface area contributed by atoms with Crippen LogP contribution in [-0.4, -0.2) is 39.2 Å². The van der Waals surface area contributed by atoms with Gasteiger partial charge in [-0.1, -0.05) is 23.4 Å². The summed E-state index contributed by atoms with van der Waals surface area (Å²) in [5.74, 6) is 2.05. The molecular formula is C20H21N3O4. The van der Waals surface area contributed by atoms with Crippen LogP contribution in [-0.2, 0) is 6.54 Å². The zero-order valence-corrected chi connectivity index (χ0v) is 15.1. The normalized spacial score (nSPS) is 17.9. The van der Waals surface area contributed by atoms with Gasteiger partial charge in [0, 0.05) is 24.9 Å². The molecule has 1 fully saturated rings. The Bertz CT molecular complexity index is 946. The molecule has 140 valence electrons. The SMILES string of the molecule is Cc1nc([C@@H]2CCCN(Cc3ccc(-c4ccccc4C(=O)O)o3)C2)no1. The summed E-state index contributed by atoms with van der Waals surface area (Å²) in [6.07, 6.45) is 2.11. The molecular weight excluding hydrogens is 346 g/mol. The lowest BCUT2D eigenvalue weighted by molar-refractivity contribution is 0.0697. The van der Waals surface area contributed by atoms with Gasteiger partial charge in [-0.25, -0.2) is 4.79 Å². The first-order valence-corrected chi connectivity index (χ1v) is 9.04. The predicted octanol–water partition coefficient (Wildman–Crippen LogP) is 3.72. The second-order valence-corrected chi connectivity index (χ2v) is 6.86. The van der Waals surface area contributed by atoms with Crippen molar-refractivity contribution < 1.29 is 18.8 Å². The van der Waals surface area contributed by atoms with Crippen molar-refractivity contribution in [3.8, 4) is 11.3 Å². The Morgan fingerprint density at radius 1 is 1.30 bits per heavy atom. The first-order chi connectivity index (χ1) is 13.1. The minimum atomic E-state index is -0.960.